The lowest BCUT2D eigenvalue weighted by Gasteiger charge is -2.42. The second kappa shape index (κ2) is 4.83. The Hall–Kier alpha value is -1.09. The minimum absolute atomic E-state index is 0.607. The van der Waals surface area contributed by atoms with E-state index in [2.05, 4.69) is 47.7 Å². The summed E-state index contributed by atoms with van der Waals surface area (Å²) in [5, 5.41) is 0. The number of piperazine rings is 1. The van der Waals surface area contributed by atoms with E-state index in [4.69, 9.17) is 0 Å². The van der Waals surface area contributed by atoms with E-state index >= 15 is 0 Å². The van der Waals surface area contributed by atoms with Crippen LogP contribution in [0.3, 0.4) is 0 Å². The van der Waals surface area contributed by atoms with Crippen molar-refractivity contribution >= 4 is 5.82 Å². The second-order valence-corrected chi connectivity index (χ2v) is 4.81. The molecule has 3 heteroatoms. The van der Waals surface area contributed by atoms with Crippen LogP contribution in [0.5, 0.6) is 0 Å². The Morgan fingerprint density at radius 3 is 2.69 bits per heavy atom. The van der Waals surface area contributed by atoms with Crippen molar-refractivity contribution in [3.05, 3.63) is 24.4 Å². The highest BCUT2D eigenvalue weighted by molar-refractivity contribution is 5.38. The summed E-state index contributed by atoms with van der Waals surface area (Å²) in [7, 11) is 0. The van der Waals surface area contributed by atoms with Crippen LogP contribution >= 0.6 is 0 Å². The first kappa shape index (κ1) is 11.4. The van der Waals surface area contributed by atoms with E-state index < -0.39 is 0 Å². The van der Waals surface area contributed by atoms with E-state index in [9.17, 15) is 0 Å². The number of nitrogens with zero attached hydrogens (tertiary/aromatic N) is 3. The summed E-state index contributed by atoms with van der Waals surface area (Å²) >= 11 is 0. The average Bonchev–Trinajstić information content (AvgIpc) is 2.29. The first-order valence-corrected chi connectivity index (χ1v) is 6.10. The molecule has 1 saturated heterocycles. The largest absolute Gasteiger partial charge is 0.354 e. The molecule has 0 saturated carbocycles. The van der Waals surface area contributed by atoms with Gasteiger partial charge in [0.05, 0.1) is 0 Å². The van der Waals surface area contributed by atoms with E-state index in [1.165, 1.54) is 0 Å². The maximum absolute atomic E-state index is 4.41. The van der Waals surface area contributed by atoms with Gasteiger partial charge >= 0.3 is 0 Å². The number of hydrogen-bond donors (Lipinski definition) is 0. The summed E-state index contributed by atoms with van der Waals surface area (Å²) in [6.07, 6.45) is 1.87. The Morgan fingerprint density at radius 2 is 2.12 bits per heavy atom. The molecule has 16 heavy (non-hydrogen) atoms. The Morgan fingerprint density at radius 1 is 1.31 bits per heavy atom. The lowest BCUT2D eigenvalue weighted by atomic mass is 10.1. The van der Waals surface area contributed by atoms with Gasteiger partial charge in [-0.15, -0.1) is 0 Å². The van der Waals surface area contributed by atoms with E-state index in [0.717, 1.165) is 25.5 Å². The van der Waals surface area contributed by atoms with Crippen molar-refractivity contribution in [1.82, 2.24) is 9.88 Å². The van der Waals surface area contributed by atoms with E-state index in [0.29, 0.717) is 12.1 Å². The summed E-state index contributed by atoms with van der Waals surface area (Å²) in [4.78, 5) is 9.35. The molecule has 2 rings (SSSR count). The standard InChI is InChI=1S/C13H21N3/c1-11(2)16-9-8-15(10-12(16)3)13-6-4-5-7-14-13/h4-7,11-12H,8-10H2,1-3H3. The maximum Gasteiger partial charge on any atom is 0.128 e. The van der Waals surface area contributed by atoms with Gasteiger partial charge in [-0.25, -0.2) is 4.98 Å². The third-order valence-corrected chi connectivity index (χ3v) is 3.32. The summed E-state index contributed by atoms with van der Waals surface area (Å²) in [6, 6.07) is 7.37. The summed E-state index contributed by atoms with van der Waals surface area (Å²) in [5.74, 6) is 1.11. The molecule has 0 spiro atoms. The zero-order valence-corrected chi connectivity index (χ0v) is 10.4. The molecule has 1 unspecified atom stereocenters. The van der Waals surface area contributed by atoms with E-state index in [1.807, 2.05) is 12.3 Å². The van der Waals surface area contributed by atoms with Gasteiger partial charge in [0.2, 0.25) is 0 Å². The first-order valence-electron chi connectivity index (χ1n) is 6.10. The van der Waals surface area contributed by atoms with Crippen molar-refractivity contribution in [3.8, 4) is 0 Å². The van der Waals surface area contributed by atoms with Crippen LogP contribution in [-0.4, -0.2) is 41.6 Å². The van der Waals surface area contributed by atoms with Crippen LogP contribution < -0.4 is 4.90 Å². The van der Waals surface area contributed by atoms with Gasteiger partial charge in [0, 0.05) is 37.9 Å². The van der Waals surface area contributed by atoms with Crippen LogP contribution in [0.1, 0.15) is 20.8 Å². The number of rotatable bonds is 2. The normalized spacial score (nSPS) is 22.8. The van der Waals surface area contributed by atoms with Crippen molar-refractivity contribution in [2.24, 2.45) is 0 Å². The van der Waals surface area contributed by atoms with Crippen molar-refractivity contribution in [2.45, 2.75) is 32.9 Å². The van der Waals surface area contributed by atoms with Crippen LogP contribution in [0.15, 0.2) is 24.4 Å². The molecule has 0 amide bonds. The number of aromatic nitrogens is 1. The number of hydrogen-bond acceptors (Lipinski definition) is 3. The van der Waals surface area contributed by atoms with Crippen molar-refractivity contribution in [2.75, 3.05) is 24.5 Å². The molecule has 0 radical (unpaired) electrons. The van der Waals surface area contributed by atoms with Crippen LogP contribution in [0, 0.1) is 0 Å². The molecule has 1 fully saturated rings. The Balaban J connectivity index is 2.03. The molecule has 0 bridgehead atoms. The third-order valence-electron chi connectivity index (χ3n) is 3.32. The predicted octanol–water partition coefficient (Wildman–Crippen LogP) is 2.00. The molecular weight excluding hydrogens is 198 g/mol. The molecule has 1 aliphatic rings. The monoisotopic (exact) mass is 219 g/mol. The zero-order valence-electron chi connectivity index (χ0n) is 10.4. The molecule has 1 aromatic rings. The van der Waals surface area contributed by atoms with Crippen LogP contribution in [-0.2, 0) is 0 Å². The molecule has 0 N–H and O–H groups in total. The van der Waals surface area contributed by atoms with Gasteiger partial charge in [0.25, 0.3) is 0 Å². The van der Waals surface area contributed by atoms with Gasteiger partial charge in [-0.05, 0) is 32.9 Å². The minimum Gasteiger partial charge on any atom is -0.354 e. The number of pyridine rings is 1. The van der Waals surface area contributed by atoms with E-state index in [1.54, 1.807) is 0 Å². The van der Waals surface area contributed by atoms with Crippen LogP contribution in [0.25, 0.3) is 0 Å². The molecule has 2 heterocycles. The Bertz CT molecular complexity index is 323. The predicted molar refractivity (Wildman–Crippen MR) is 67.8 cm³/mol. The lowest BCUT2D eigenvalue weighted by molar-refractivity contribution is 0.148. The second-order valence-electron chi connectivity index (χ2n) is 4.81. The maximum atomic E-state index is 4.41. The molecule has 88 valence electrons. The van der Waals surface area contributed by atoms with Crippen LogP contribution in [0.4, 0.5) is 5.82 Å². The molecule has 1 aromatic heterocycles. The fourth-order valence-corrected chi connectivity index (χ4v) is 2.49. The molecular formula is C13H21N3. The van der Waals surface area contributed by atoms with Crippen molar-refractivity contribution in [1.29, 1.82) is 0 Å². The SMILES string of the molecule is CC(C)N1CCN(c2ccccn2)CC1C. The number of anilines is 1. The highest BCUT2D eigenvalue weighted by atomic mass is 15.3. The topological polar surface area (TPSA) is 19.4 Å². The van der Waals surface area contributed by atoms with Gasteiger partial charge in [0.1, 0.15) is 5.82 Å². The fraction of sp³-hybridized carbons (Fsp3) is 0.615. The summed E-state index contributed by atoms with van der Waals surface area (Å²) in [5.41, 5.74) is 0. The van der Waals surface area contributed by atoms with Gasteiger partial charge in [-0.2, -0.15) is 0 Å². The highest BCUT2D eigenvalue weighted by Gasteiger charge is 2.25. The van der Waals surface area contributed by atoms with Gasteiger partial charge in [-0.1, -0.05) is 6.07 Å². The summed E-state index contributed by atoms with van der Waals surface area (Å²) in [6.45, 7) is 10.1. The fourth-order valence-electron chi connectivity index (χ4n) is 2.49. The third kappa shape index (κ3) is 2.35. The Kier molecular flexibility index (Phi) is 3.44. The average molecular weight is 219 g/mol. The molecule has 3 nitrogen and oxygen atoms in total. The smallest absolute Gasteiger partial charge is 0.128 e. The first-order chi connectivity index (χ1) is 7.68. The summed E-state index contributed by atoms with van der Waals surface area (Å²) < 4.78 is 0. The van der Waals surface area contributed by atoms with Crippen molar-refractivity contribution < 1.29 is 0 Å². The zero-order chi connectivity index (χ0) is 11.5. The van der Waals surface area contributed by atoms with Gasteiger partial charge in [0.15, 0.2) is 0 Å². The Labute approximate surface area is 98.1 Å². The van der Waals surface area contributed by atoms with Gasteiger partial charge < -0.3 is 4.90 Å². The highest BCUT2D eigenvalue weighted by Crippen LogP contribution is 2.17. The van der Waals surface area contributed by atoms with E-state index in [-0.39, 0.29) is 0 Å². The van der Waals surface area contributed by atoms with Crippen LogP contribution in [0.2, 0.25) is 0 Å². The molecule has 0 aromatic carbocycles. The quantitative estimate of drug-likeness (QED) is 0.758. The lowest BCUT2D eigenvalue weighted by Crippen LogP contribution is -2.54. The molecule has 1 atom stereocenters. The van der Waals surface area contributed by atoms with Gasteiger partial charge in [-0.3, -0.25) is 4.90 Å². The molecule has 1 aliphatic heterocycles. The minimum atomic E-state index is 0.607. The van der Waals surface area contributed by atoms with Crippen molar-refractivity contribution in [3.63, 3.8) is 0 Å². The molecule has 0 aliphatic carbocycles.